The van der Waals surface area contributed by atoms with E-state index in [9.17, 15) is 0 Å². The van der Waals surface area contributed by atoms with Gasteiger partial charge in [-0.2, -0.15) is 0 Å². The molecule has 8 aromatic carbocycles. The highest BCUT2D eigenvalue weighted by atomic mass is 32.1. The minimum absolute atomic E-state index is 0.647. The molecule has 10 aromatic rings. The molecule has 10 rings (SSSR count). The predicted molar refractivity (Wildman–Crippen MR) is 215 cm³/mol. The molecule has 2 heterocycles. The molecule has 0 spiro atoms. The molecule has 0 fully saturated rings. The smallest absolute Gasteiger partial charge is 0.164 e. The van der Waals surface area contributed by atoms with Crippen LogP contribution in [0.4, 0.5) is 0 Å². The maximum absolute atomic E-state index is 5.05. The van der Waals surface area contributed by atoms with Crippen LogP contribution in [0.1, 0.15) is 0 Å². The molecule has 0 aliphatic heterocycles. The molecule has 4 heteroatoms. The lowest BCUT2D eigenvalue weighted by Crippen LogP contribution is -2.00. The van der Waals surface area contributed by atoms with Gasteiger partial charge in [-0.15, -0.1) is 11.3 Å². The van der Waals surface area contributed by atoms with Crippen molar-refractivity contribution < 1.29 is 0 Å². The van der Waals surface area contributed by atoms with Crippen molar-refractivity contribution >= 4 is 53.1 Å². The third-order valence-corrected chi connectivity index (χ3v) is 10.9. The van der Waals surface area contributed by atoms with Crippen molar-refractivity contribution in [3.05, 3.63) is 176 Å². The van der Waals surface area contributed by atoms with Crippen LogP contribution in [0.3, 0.4) is 0 Å². The number of hydrogen-bond acceptors (Lipinski definition) is 4. The molecule has 0 aliphatic carbocycles. The van der Waals surface area contributed by atoms with Gasteiger partial charge in [-0.3, -0.25) is 0 Å². The van der Waals surface area contributed by atoms with Gasteiger partial charge in [0.15, 0.2) is 17.5 Å². The normalized spacial score (nSPS) is 11.5. The van der Waals surface area contributed by atoms with Crippen LogP contribution >= 0.6 is 11.3 Å². The molecular weight excluding hydrogens is 639 g/mol. The number of hydrogen-bond donors (Lipinski definition) is 0. The average Bonchev–Trinajstić information content (AvgIpc) is 3.61. The van der Waals surface area contributed by atoms with Crippen molar-refractivity contribution in [3.8, 4) is 56.4 Å². The predicted octanol–water partition coefficient (Wildman–Crippen LogP) is 12.9. The van der Waals surface area contributed by atoms with Crippen LogP contribution in [0.25, 0.3) is 98.1 Å². The van der Waals surface area contributed by atoms with E-state index in [1.54, 1.807) is 0 Å². The third kappa shape index (κ3) is 5.16. The van der Waals surface area contributed by atoms with E-state index in [2.05, 4.69) is 140 Å². The van der Waals surface area contributed by atoms with Crippen molar-refractivity contribution in [1.29, 1.82) is 0 Å². The Kier molecular flexibility index (Phi) is 7.00. The molecule has 0 amide bonds. The summed E-state index contributed by atoms with van der Waals surface area (Å²) in [6.07, 6.45) is 0. The first-order valence-corrected chi connectivity index (χ1v) is 17.9. The maximum atomic E-state index is 5.05. The van der Waals surface area contributed by atoms with E-state index >= 15 is 0 Å². The Morgan fingerprint density at radius 2 is 0.882 bits per heavy atom. The van der Waals surface area contributed by atoms with E-state index in [-0.39, 0.29) is 0 Å². The number of aromatic nitrogens is 3. The summed E-state index contributed by atoms with van der Waals surface area (Å²) in [4.78, 5) is 15.0. The minimum atomic E-state index is 0.647. The average molecular weight is 668 g/mol. The molecule has 0 bridgehead atoms. The van der Waals surface area contributed by atoms with E-state index < -0.39 is 0 Å². The Hall–Kier alpha value is -6.49. The van der Waals surface area contributed by atoms with Gasteiger partial charge in [-0.25, -0.2) is 15.0 Å². The van der Waals surface area contributed by atoms with Crippen molar-refractivity contribution in [2.75, 3.05) is 0 Å². The number of nitrogens with zero attached hydrogens (tertiary/aromatic N) is 3. The number of thiophene rings is 1. The third-order valence-electron chi connectivity index (χ3n) is 9.72. The minimum Gasteiger partial charge on any atom is -0.208 e. The second kappa shape index (κ2) is 12.1. The Morgan fingerprint density at radius 1 is 0.333 bits per heavy atom. The van der Waals surface area contributed by atoms with E-state index in [0.29, 0.717) is 17.5 Å². The molecule has 238 valence electrons. The second-order valence-corrected chi connectivity index (χ2v) is 13.9. The maximum Gasteiger partial charge on any atom is 0.164 e. The Balaban J connectivity index is 1.09. The highest BCUT2D eigenvalue weighted by Gasteiger charge is 2.16. The van der Waals surface area contributed by atoms with Gasteiger partial charge < -0.3 is 0 Å². The van der Waals surface area contributed by atoms with Crippen LogP contribution in [-0.2, 0) is 0 Å². The Morgan fingerprint density at radius 3 is 1.67 bits per heavy atom. The van der Waals surface area contributed by atoms with E-state index in [1.807, 2.05) is 47.7 Å². The topological polar surface area (TPSA) is 38.7 Å². The molecule has 0 saturated heterocycles. The fraction of sp³-hybridized carbons (Fsp3) is 0. The van der Waals surface area contributed by atoms with Crippen LogP contribution in [-0.4, -0.2) is 15.0 Å². The highest BCUT2D eigenvalue weighted by molar-refractivity contribution is 7.26. The van der Waals surface area contributed by atoms with Crippen LogP contribution in [0.2, 0.25) is 0 Å². The van der Waals surface area contributed by atoms with Crippen molar-refractivity contribution in [2.45, 2.75) is 0 Å². The van der Waals surface area contributed by atoms with Gasteiger partial charge in [-0.05, 0) is 55.9 Å². The summed E-state index contributed by atoms with van der Waals surface area (Å²) in [6, 6.07) is 62.1. The summed E-state index contributed by atoms with van der Waals surface area (Å²) in [5.74, 6) is 1.95. The summed E-state index contributed by atoms with van der Waals surface area (Å²) < 4.78 is 2.60. The summed E-state index contributed by atoms with van der Waals surface area (Å²) in [6.45, 7) is 0. The number of rotatable bonds is 5. The SMILES string of the molecule is c1ccc(-c2cccc(-c3nc(-c4ccccc4)nc(-c4ccc(-c5cccc6c5sc5ccc7ccc8ccccc8c7c56)cc4)n3)c2)cc1. The zero-order valence-corrected chi connectivity index (χ0v) is 28.3. The first-order valence-electron chi connectivity index (χ1n) is 17.1. The summed E-state index contributed by atoms with van der Waals surface area (Å²) >= 11 is 1.87. The zero-order valence-electron chi connectivity index (χ0n) is 27.5. The van der Waals surface area contributed by atoms with Crippen LogP contribution in [0.5, 0.6) is 0 Å². The lowest BCUT2D eigenvalue weighted by atomic mass is 9.96. The molecule has 0 unspecified atom stereocenters. The monoisotopic (exact) mass is 667 g/mol. The first kappa shape index (κ1) is 29.4. The van der Waals surface area contributed by atoms with Crippen LogP contribution in [0, 0.1) is 0 Å². The fourth-order valence-corrected chi connectivity index (χ4v) is 8.48. The van der Waals surface area contributed by atoms with Crippen LogP contribution in [0.15, 0.2) is 176 Å². The molecule has 51 heavy (non-hydrogen) atoms. The van der Waals surface area contributed by atoms with E-state index in [1.165, 1.54) is 47.3 Å². The van der Waals surface area contributed by atoms with Gasteiger partial charge in [0.1, 0.15) is 0 Å². The number of fused-ring (bicyclic) bond motifs is 7. The standard InChI is InChI=1S/C47H29N3S/c1-3-11-30(12-4-1)36-16-9-17-37(29-36)47-49-45(34-14-5-2-6-15-34)48-46(50-47)35-25-22-32(23-26-35)39-19-10-20-40-43-41(51-44(39)40)28-27-33-24-21-31-13-7-8-18-38(31)42(33)43/h1-29H. The van der Waals surface area contributed by atoms with Crippen molar-refractivity contribution in [2.24, 2.45) is 0 Å². The van der Waals surface area contributed by atoms with E-state index in [4.69, 9.17) is 15.0 Å². The number of benzene rings is 8. The molecule has 0 atom stereocenters. The largest absolute Gasteiger partial charge is 0.208 e. The molecule has 0 aliphatic rings. The summed E-state index contributed by atoms with van der Waals surface area (Å²) in [7, 11) is 0. The fourth-order valence-electron chi connectivity index (χ4n) is 7.23. The van der Waals surface area contributed by atoms with E-state index in [0.717, 1.165) is 33.4 Å². The quantitative estimate of drug-likeness (QED) is 0.171. The zero-order chi connectivity index (χ0) is 33.7. The van der Waals surface area contributed by atoms with Gasteiger partial charge in [0.2, 0.25) is 0 Å². The van der Waals surface area contributed by atoms with Crippen molar-refractivity contribution in [1.82, 2.24) is 15.0 Å². The molecule has 3 nitrogen and oxygen atoms in total. The van der Waals surface area contributed by atoms with Gasteiger partial charge >= 0.3 is 0 Å². The molecule has 0 radical (unpaired) electrons. The molecular formula is C47H29N3S. The first-order chi connectivity index (χ1) is 25.3. The Labute approximate surface area is 299 Å². The summed E-state index contributed by atoms with van der Waals surface area (Å²) in [5.41, 5.74) is 7.52. The van der Waals surface area contributed by atoms with Crippen LogP contribution < -0.4 is 0 Å². The summed E-state index contributed by atoms with van der Waals surface area (Å²) in [5, 5.41) is 7.81. The Bertz CT molecular complexity index is 2900. The van der Waals surface area contributed by atoms with Gasteiger partial charge in [0.05, 0.1) is 0 Å². The van der Waals surface area contributed by atoms with Gasteiger partial charge in [0.25, 0.3) is 0 Å². The van der Waals surface area contributed by atoms with Gasteiger partial charge in [0, 0.05) is 36.9 Å². The molecule has 0 N–H and O–H groups in total. The lowest BCUT2D eigenvalue weighted by Gasteiger charge is -2.10. The van der Waals surface area contributed by atoms with Gasteiger partial charge in [-0.1, -0.05) is 164 Å². The molecule has 2 aromatic heterocycles. The molecule has 0 saturated carbocycles. The lowest BCUT2D eigenvalue weighted by molar-refractivity contribution is 1.07. The van der Waals surface area contributed by atoms with Crippen molar-refractivity contribution in [3.63, 3.8) is 0 Å². The second-order valence-electron chi connectivity index (χ2n) is 12.8. The highest BCUT2D eigenvalue weighted by Crippen LogP contribution is 2.44.